The molecule has 0 unspecified atom stereocenters. The molecule has 0 fully saturated rings. The van der Waals surface area contributed by atoms with Crippen molar-refractivity contribution in [3.63, 3.8) is 0 Å². The van der Waals surface area contributed by atoms with E-state index in [9.17, 15) is 0 Å². The van der Waals surface area contributed by atoms with Gasteiger partial charge in [-0.3, -0.25) is 0 Å². The van der Waals surface area contributed by atoms with Gasteiger partial charge < -0.3 is 11.5 Å². The Balaban J connectivity index is 1.30. The van der Waals surface area contributed by atoms with Crippen molar-refractivity contribution in [1.82, 2.24) is 0 Å². The minimum absolute atomic E-state index is 0.828. The molecule has 4 rings (SSSR count). The monoisotopic (exact) mass is 518 g/mol. The highest BCUT2D eigenvalue weighted by Gasteiger charge is 2.08. The molecule has 2 nitrogen and oxygen atoms in total. The highest BCUT2D eigenvalue weighted by molar-refractivity contribution is 5.43. The summed E-state index contributed by atoms with van der Waals surface area (Å²) >= 11 is 0. The SMILES string of the molecule is CCCc1cc(Cc2ccc(N)cc2)ccc1CCCCCc1ccc(Cc2ccc(N)cc2)cc1CCC. The minimum atomic E-state index is 0.828. The van der Waals surface area contributed by atoms with Crippen LogP contribution in [0.2, 0.25) is 0 Å². The Bertz CT molecular complexity index is 1200. The molecule has 0 aliphatic rings. The van der Waals surface area contributed by atoms with Crippen LogP contribution in [0.15, 0.2) is 84.9 Å². The van der Waals surface area contributed by atoms with Crippen LogP contribution in [-0.4, -0.2) is 0 Å². The summed E-state index contributed by atoms with van der Waals surface area (Å²) in [5.74, 6) is 0. The average molecular weight is 519 g/mol. The molecule has 4 N–H and O–H groups in total. The van der Waals surface area contributed by atoms with Crippen LogP contribution in [0, 0.1) is 0 Å². The van der Waals surface area contributed by atoms with E-state index in [0.717, 1.165) is 37.1 Å². The highest BCUT2D eigenvalue weighted by Crippen LogP contribution is 2.22. The summed E-state index contributed by atoms with van der Waals surface area (Å²) in [5, 5.41) is 0. The van der Waals surface area contributed by atoms with Gasteiger partial charge in [-0.05, 0) is 120 Å². The normalized spacial score (nSPS) is 11.1. The zero-order valence-electron chi connectivity index (χ0n) is 24.0. The second-order valence-electron chi connectivity index (χ2n) is 11.1. The molecule has 0 aliphatic carbocycles. The van der Waals surface area contributed by atoms with E-state index in [2.05, 4.69) is 74.5 Å². The summed E-state index contributed by atoms with van der Waals surface area (Å²) in [7, 11) is 0. The Morgan fingerprint density at radius 1 is 0.410 bits per heavy atom. The molecule has 4 aromatic rings. The third-order valence-electron chi connectivity index (χ3n) is 7.75. The Kier molecular flexibility index (Phi) is 10.7. The second-order valence-corrected chi connectivity index (χ2v) is 11.1. The number of nitrogen functional groups attached to an aromatic ring is 2. The van der Waals surface area contributed by atoms with Crippen molar-refractivity contribution in [3.05, 3.63) is 129 Å². The van der Waals surface area contributed by atoms with Gasteiger partial charge in [0.2, 0.25) is 0 Å². The second kappa shape index (κ2) is 14.6. The lowest BCUT2D eigenvalue weighted by atomic mass is 9.92. The lowest BCUT2D eigenvalue weighted by molar-refractivity contribution is 0.671. The molecule has 0 aliphatic heterocycles. The molecule has 0 saturated heterocycles. The number of rotatable bonds is 14. The summed E-state index contributed by atoms with van der Waals surface area (Å²) in [6, 6.07) is 30.9. The van der Waals surface area contributed by atoms with Crippen LogP contribution >= 0.6 is 0 Å². The van der Waals surface area contributed by atoms with Crippen LogP contribution in [0.3, 0.4) is 0 Å². The van der Waals surface area contributed by atoms with Crippen molar-refractivity contribution in [2.75, 3.05) is 11.5 Å². The van der Waals surface area contributed by atoms with Gasteiger partial charge >= 0.3 is 0 Å². The molecular weight excluding hydrogens is 472 g/mol. The van der Waals surface area contributed by atoms with Crippen molar-refractivity contribution in [2.45, 2.75) is 84.5 Å². The Morgan fingerprint density at radius 3 is 1.18 bits per heavy atom. The van der Waals surface area contributed by atoms with Gasteiger partial charge in [0.25, 0.3) is 0 Å². The molecule has 39 heavy (non-hydrogen) atoms. The van der Waals surface area contributed by atoms with Crippen LogP contribution in [-0.2, 0) is 38.5 Å². The first kappa shape index (κ1) is 28.5. The van der Waals surface area contributed by atoms with Gasteiger partial charge in [0.1, 0.15) is 0 Å². The molecule has 0 saturated carbocycles. The van der Waals surface area contributed by atoms with Crippen molar-refractivity contribution in [3.8, 4) is 0 Å². The topological polar surface area (TPSA) is 52.0 Å². The molecule has 0 radical (unpaired) electrons. The Hall–Kier alpha value is -3.52. The largest absolute Gasteiger partial charge is 0.399 e. The quantitative estimate of drug-likeness (QED) is 0.129. The molecule has 2 heteroatoms. The molecule has 0 atom stereocenters. The van der Waals surface area contributed by atoms with Gasteiger partial charge in [0.05, 0.1) is 0 Å². The number of nitrogens with two attached hydrogens (primary N) is 2. The molecule has 0 aromatic heterocycles. The maximum Gasteiger partial charge on any atom is 0.0314 e. The molecule has 0 bridgehead atoms. The van der Waals surface area contributed by atoms with Crippen molar-refractivity contribution in [2.24, 2.45) is 0 Å². The number of unbranched alkanes of at least 4 members (excludes halogenated alkanes) is 2. The number of hydrogen-bond donors (Lipinski definition) is 2. The Morgan fingerprint density at radius 2 is 0.795 bits per heavy atom. The standard InChI is InChI=1S/C37H46N2/c1-3-8-34-26-30(24-28-14-20-36(38)21-15-28)12-18-32(34)10-6-5-7-11-33-19-13-31(27-35(33)9-4-2)25-29-16-22-37(39)23-17-29/h12-23,26-27H,3-11,24-25,38-39H2,1-2H3. The summed E-state index contributed by atoms with van der Waals surface area (Å²) < 4.78 is 0. The molecule has 0 heterocycles. The van der Waals surface area contributed by atoms with Gasteiger partial charge in [0, 0.05) is 11.4 Å². The number of aryl methyl sites for hydroxylation is 4. The van der Waals surface area contributed by atoms with Crippen LogP contribution in [0.1, 0.15) is 90.5 Å². The zero-order chi connectivity index (χ0) is 27.5. The van der Waals surface area contributed by atoms with Gasteiger partial charge in [-0.2, -0.15) is 0 Å². The summed E-state index contributed by atoms with van der Waals surface area (Å²) in [5.41, 5.74) is 25.0. The van der Waals surface area contributed by atoms with E-state index in [1.807, 2.05) is 24.3 Å². The third kappa shape index (κ3) is 8.75. The first-order valence-electron chi connectivity index (χ1n) is 14.9. The van der Waals surface area contributed by atoms with Crippen molar-refractivity contribution < 1.29 is 0 Å². The fraction of sp³-hybridized carbons (Fsp3) is 0.351. The number of anilines is 2. The fourth-order valence-electron chi connectivity index (χ4n) is 5.62. The molecule has 0 spiro atoms. The molecule has 204 valence electrons. The zero-order valence-corrected chi connectivity index (χ0v) is 24.0. The van der Waals surface area contributed by atoms with E-state index in [1.165, 1.54) is 89.5 Å². The van der Waals surface area contributed by atoms with E-state index in [-0.39, 0.29) is 0 Å². The van der Waals surface area contributed by atoms with Crippen LogP contribution in [0.4, 0.5) is 11.4 Å². The summed E-state index contributed by atoms with van der Waals surface area (Å²) in [6.45, 7) is 4.57. The minimum Gasteiger partial charge on any atom is -0.399 e. The predicted octanol–water partition coefficient (Wildman–Crippen LogP) is 8.89. The first-order chi connectivity index (χ1) is 19.0. The smallest absolute Gasteiger partial charge is 0.0314 e. The van der Waals surface area contributed by atoms with E-state index in [4.69, 9.17) is 11.5 Å². The lowest BCUT2D eigenvalue weighted by Gasteiger charge is -2.13. The van der Waals surface area contributed by atoms with E-state index in [1.54, 1.807) is 0 Å². The van der Waals surface area contributed by atoms with E-state index >= 15 is 0 Å². The van der Waals surface area contributed by atoms with Crippen LogP contribution in [0.5, 0.6) is 0 Å². The molecule has 4 aromatic carbocycles. The van der Waals surface area contributed by atoms with Gasteiger partial charge in [-0.1, -0.05) is 93.8 Å². The maximum atomic E-state index is 5.86. The van der Waals surface area contributed by atoms with E-state index < -0.39 is 0 Å². The van der Waals surface area contributed by atoms with Crippen molar-refractivity contribution in [1.29, 1.82) is 0 Å². The molecule has 0 amide bonds. The fourth-order valence-corrected chi connectivity index (χ4v) is 5.62. The lowest BCUT2D eigenvalue weighted by Crippen LogP contribution is -2.00. The maximum absolute atomic E-state index is 5.86. The third-order valence-corrected chi connectivity index (χ3v) is 7.75. The Labute approximate surface area is 236 Å². The van der Waals surface area contributed by atoms with Gasteiger partial charge in [-0.25, -0.2) is 0 Å². The van der Waals surface area contributed by atoms with Crippen LogP contribution in [0.25, 0.3) is 0 Å². The summed E-state index contributed by atoms with van der Waals surface area (Å²) in [6.07, 6.45) is 12.8. The highest BCUT2D eigenvalue weighted by atomic mass is 14.5. The average Bonchev–Trinajstić information content (AvgIpc) is 2.93. The number of hydrogen-bond acceptors (Lipinski definition) is 2. The van der Waals surface area contributed by atoms with E-state index in [0.29, 0.717) is 0 Å². The molecular formula is C37H46N2. The van der Waals surface area contributed by atoms with Crippen LogP contribution < -0.4 is 11.5 Å². The predicted molar refractivity (Wildman–Crippen MR) is 169 cm³/mol. The van der Waals surface area contributed by atoms with Crippen molar-refractivity contribution >= 4 is 11.4 Å². The van der Waals surface area contributed by atoms with Gasteiger partial charge in [0.15, 0.2) is 0 Å². The first-order valence-corrected chi connectivity index (χ1v) is 14.9. The van der Waals surface area contributed by atoms with Gasteiger partial charge in [-0.15, -0.1) is 0 Å². The number of benzene rings is 4. The summed E-state index contributed by atoms with van der Waals surface area (Å²) in [4.78, 5) is 0.